The van der Waals surface area contributed by atoms with Gasteiger partial charge in [-0.2, -0.15) is 0 Å². The fourth-order valence-corrected chi connectivity index (χ4v) is 3.86. The lowest BCUT2D eigenvalue weighted by Gasteiger charge is -2.25. The van der Waals surface area contributed by atoms with Crippen LogP contribution < -0.4 is 9.64 Å². The largest absolute Gasteiger partial charge is 0.507 e. The zero-order chi connectivity index (χ0) is 23.0. The van der Waals surface area contributed by atoms with Crippen molar-refractivity contribution in [3.63, 3.8) is 0 Å². The minimum Gasteiger partial charge on any atom is -0.507 e. The van der Waals surface area contributed by atoms with Gasteiger partial charge >= 0.3 is 0 Å². The Kier molecular flexibility index (Phi) is 5.67. The Balaban J connectivity index is 1.97. The molecule has 1 aliphatic rings. The first-order valence-corrected chi connectivity index (χ1v) is 9.86. The number of halogens is 3. The summed E-state index contributed by atoms with van der Waals surface area (Å²) in [5.41, 5.74) is -0.0781. The highest BCUT2D eigenvalue weighted by atomic mass is 35.5. The molecule has 4 rings (SSSR count). The third-order valence-electron chi connectivity index (χ3n) is 5.15. The van der Waals surface area contributed by atoms with Gasteiger partial charge in [0, 0.05) is 11.6 Å². The summed E-state index contributed by atoms with van der Waals surface area (Å²) in [6.45, 7) is 0. The molecule has 8 heteroatoms. The summed E-state index contributed by atoms with van der Waals surface area (Å²) in [6.07, 6.45) is 0. The topological polar surface area (TPSA) is 66.8 Å². The number of aliphatic hydroxyl groups excluding tert-OH is 1. The van der Waals surface area contributed by atoms with E-state index in [1.54, 1.807) is 30.3 Å². The van der Waals surface area contributed by atoms with Crippen molar-refractivity contribution < 1.29 is 28.2 Å². The van der Waals surface area contributed by atoms with Crippen LogP contribution in [0.1, 0.15) is 17.2 Å². The quantitative estimate of drug-likeness (QED) is 0.331. The van der Waals surface area contributed by atoms with Crippen molar-refractivity contribution in [3.05, 3.63) is 100 Å². The zero-order valence-corrected chi connectivity index (χ0v) is 17.4. The molecule has 1 atom stereocenters. The van der Waals surface area contributed by atoms with Crippen LogP contribution in [0.5, 0.6) is 5.75 Å². The molecule has 162 valence electrons. The van der Waals surface area contributed by atoms with Crippen LogP contribution in [0.15, 0.2) is 72.3 Å². The van der Waals surface area contributed by atoms with E-state index in [4.69, 9.17) is 16.3 Å². The first kappa shape index (κ1) is 21.5. The van der Waals surface area contributed by atoms with Crippen LogP contribution in [-0.4, -0.2) is 23.9 Å². The summed E-state index contributed by atoms with van der Waals surface area (Å²) in [7, 11) is 1.39. The lowest BCUT2D eigenvalue weighted by molar-refractivity contribution is -0.132. The Labute approximate surface area is 187 Å². The molecular formula is C24H16ClF2NO4. The highest BCUT2D eigenvalue weighted by molar-refractivity contribution is 6.51. The summed E-state index contributed by atoms with van der Waals surface area (Å²) in [6, 6.07) is 14.1. The first-order chi connectivity index (χ1) is 15.3. The van der Waals surface area contributed by atoms with Crippen molar-refractivity contribution in [2.45, 2.75) is 6.04 Å². The Morgan fingerprint density at radius 3 is 2.44 bits per heavy atom. The Bertz CT molecular complexity index is 1260. The van der Waals surface area contributed by atoms with Gasteiger partial charge in [0.2, 0.25) is 0 Å². The number of ketones is 1. The molecule has 32 heavy (non-hydrogen) atoms. The summed E-state index contributed by atoms with van der Waals surface area (Å²) >= 11 is 6.04. The highest BCUT2D eigenvalue weighted by Crippen LogP contribution is 2.43. The van der Waals surface area contributed by atoms with Crippen molar-refractivity contribution in [2.24, 2.45) is 0 Å². The molecule has 0 bridgehead atoms. The summed E-state index contributed by atoms with van der Waals surface area (Å²) < 4.78 is 33.7. The number of rotatable bonds is 4. The highest BCUT2D eigenvalue weighted by Gasteiger charge is 2.47. The minimum absolute atomic E-state index is 0.171. The van der Waals surface area contributed by atoms with Crippen molar-refractivity contribution in [1.82, 2.24) is 0 Å². The number of aliphatic hydroxyl groups is 1. The second-order valence-electron chi connectivity index (χ2n) is 7.02. The smallest absolute Gasteiger partial charge is 0.300 e. The van der Waals surface area contributed by atoms with Gasteiger partial charge in [0.05, 0.1) is 29.4 Å². The summed E-state index contributed by atoms with van der Waals surface area (Å²) in [5.74, 6) is -4.04. The van der Waals surface area contributed by atoms with Crippen LogP contribution in [0.25, 0.3) is 5.76 Å². The second kappa shape index (κ2) is 8.43. The normalized spacial score (nSPS) is 17.6. The number of amides is 1. The van der Waals surface area contributed by atoms with Gasteiger partial charge in [-0.3, -0.25) is 14.5 Å². The predicted octanol–water partition coefficient (Wildman–Crippen LogP) is 5.25. The number of hydrogen-bond donors (Lipinski definition) is 1. The van der Waals surface area contributed by atoms with Crippen LogP contribution >= 0.6 is 11.6 Å². The monoisotopic (exact) mass is 455 g/mol. The van der Waals surface area contributed by atoms with Gasteiger partial charge in [-0.25, -0.2) is 8.78 Å². The SMILES string of the molecule is COc1cc(/C(O)=C2\C(=O)C(=O)N(c3cc(F)ccc3F)C2c2ccccc2)ccc1Cl. The second-order valence-corrected chi connectivity index (χ2v) is 7.43. The van der Waals surface area contributed by atoms with Crippen LogP contribution in [0, 0.1) is 11.6 Å². The third kappa shape index (κ3) is 3.61. The van der Waals surface area contributed by atoms with Crippen molar-refractivity contribution in [3.8, 4) is 5.75 Å². The van der Waals surface area contributed by atoms with E-state index < -0.39 is 40.8 Å². The molecule has 3 aromatic rings. The van der Waals surface area contributed by atoms with E-state index in [1.807, 2.05) is 0 Å². The van der Waals surface area contributed by atoms with Gasteiger partial charge in [0.25, 0.3) is 11.7 Å². The molecule has 1 heterocycles. The van der Waals surface area contributed by atoms with E-state index in [0.29, 0.717) is 5.56 Å². The van der Waals surface area contributed by atoms with Crippen LogP contribution in [0.4, 0.5) is 14.5 Å². The molecule has 1 amide bonds. The molecule has 1 aliphatic heterocycles. The van der Waals surface area contributed by atoms with E-state index >= 15 is 0 Å². The fourth-order valence-electron chi connectivity index (χ4n) is 3.66. The molecule has 1 fully saturated rings. The number of carbonyl (C=O) groups excluding carboxylic acids is 2. The van der Waals surface area contributed by atoms with Crippen molar-refractivity contribution >= 4 is 34.7 Å². The molecule has 1 N–H and O–H groups in total. The molecule has 1 saturated heterocycles. The molecule has 0 spiro atoms. The lowest BCUT2D eigenvalue weighted by atomic mass is 9.95. The van der Waals surface area contributed by atoms with Crippen molar-refractivity contribution in [1.29, 1.82) is 0 Å². The van der Waals surface area contributed by atoms with Gasteiger partial charge in [-0.1, -0.05) is 41.9 Å². The maximum absolute atomic E-state index is 14.6. The van der Waals surface area contributed by atoms with Crippen LogP contribution in [-0.2, 0) is 9.59 Å². The Morgan fingerprint density at radius 1 is 1.03 bits per heavy atom. The molecular weight excluding hydrogens is 440 g/mol. The molecule has 0 radical (unpaired) electrons. The molecule has 0 saturated carbocycles. The average Bonchev–Trinajstić information content (AvgIpc) is 3.06. The average molecular weight is 456 g/mol. The maximum Gasteiger partial charge on any atom is 0.300 e. The molecule has 5 nitrogen and oxygen atoms in total. The summed E-state index contributed by atoms with van der Waals surface area (Å²) in [4.78, 5) is 26.9. The third-order valence-corrected chi connectivity index (χ3v) is 5.46. The Morgan fingerprint density at radius 2 is 1.75 bits per heavy atom. The number of methoxy groups -OCH3 is 1. The number of ether oxygens (including phenoxy) is 1. The van der Waals surface area contributed by atoms with Gasteiger partial charge in [-0.15, -0.1) is 0 Å². The first-order valence-electron chi connectivity index (χ1n) is 9.48. The van der Waals surface area contributed by atoms with Crippen molar-refractivity contribution in [2.75, 3.05) is 12.0 Å². The fraction of sp³-hybridized carbons (Fsp3) is 0.0833. The van der Waals surface area contributed by atoms with E-state index in [1.165, 1.54) is 25.3 Å². The van der Waals surface area contributed by atoms with Gasteiger partial charge in [0.15, 0.2) is 0 Å². The van der Waals surface area contributed by atoms with Gasteiger partial charge in [-0.05, 0) is 35.9 Å². The predicted molar refractivity (Wildman–Crippen MR) is 116 cm³/mol. The van der Waals surface area contributed by atoms with E-state index in [0.717, 1.165) is 23.1 Å². The maximum atomic E-state index is 14.6. The van der Waals surface area contributed by atoms with E-state index in [9.17, 15) is 23.5 Å². The van der Waals surface area contributed by atoms with Gasteiger partial charge < -0.3 is 9.84 Å². The number of hydrogen-bond acceptors (Lipinski definition) is 4. The lowest BCUT2D eigenvalue weighted by Crippen LogP contribution is -2.30. The van der Waals surface area contributed by atoms with Crippen LogP contribution in [0.3, 0.4) is 0 Å². The molecule has 3 aromatic carbocycles. The number of Topliss-reactive ketones (excluding diaryl/α,β-unsaturated/α-hetero) is 1. The van der Waals surface area contributed by atoms with E-state index in [-0.39, 0.29) is 21.9 Å². The number of carbonyl (C=O) groups is 2. The minimum atomic E-state index is -1.19. The number of nitrogens with zero attached hydrogens (tertiary/aromatic N) is 1. The van der Waals surface area contributed by atoms with Gasteiger partial charge in [0.1, 0.15) is 23.1 Å². The molecule has 0 aliphatic carbocycles. The van der Waals surface area contributed by atoms with E-state index in [2.05, 4.69) is 0 Å². The number of anilines is 1. The Hall–Kier alpha value is -3.71. The zero-order valence-electron chi connectivity index (χ0n) is 16.7. The summed E-state index contributed by atoms with van der Waals surface area (Å²) in [5, 5.41) is 11.3. The number of benzene rings is 3. The standard InChI is InChI=1S/C24H16ClF2NO4/c1-32-19-11-14(7-9-16(19)25)22(29)20-21(13-5-3-2-4-6-13)28(24(31)23(20)30)18-12-15(26)8-10-17(18)27/h2-12,21,29H,1H3/b22-20+. The van der Waals surface area contributed by atoms with Crippen LogP contribution in [0.2, 0.25) is 5.02 Å². The molecule has 0 aromatic heterocycles. The molecule has 1 unspecified atom stereocenters.